The molecule has 0 saturated heterocycles. The molecule has 0 fully saturated rings. The van der Waals surface area contributed by atoms with Crippen molar-refractivity contribution in [2.45, 2.75) is 26.4 Å². The second-order valence-electron chi connectivity index (χ2n) is 10.7. The molecule has 9 nitrogen and oxygen atoms in total. The molecule has 9 heteroatoms. The van der Waals surface area contributed by atoms with E-state index in [-0.39, 0.29) is 18.1 Å². The average Bonchev–Trinajstić information content (AvgIpc) is 3.38. The molecule has 0 radical (unpaired) electrons. The minimum atomic E-state index is -0.370. The molecule has 0 spiro atoms. The summed E-state index contributed by atoms with van der Waals surface area (Å²) in [5.74, 6) is -0.120. The van der Waals surface area contributed by atoms with E-state index in [4.69, 9.17) is 9.15 Å². The molecule has 0 atom stereocenters. The molecule has 3 aromatic carbocycles. The highest BCUT2D eigenvalue weighted by molar-refractivity contribution is 6.08. The number of methoxy groups -OCH3 is 1. The Kier molecular flexibility index (Phi) is 7.88. The minimum Gasteiger partial charge on any atom is -0.452 e. The van der Waals surface area contributed by atoms with Crippen molar-refractivity contribution in [3.05, 3.63) is 82.3 Å². The Bertz CT molecular complexity index is 1820. The lowest BCUT2D eigenvalue weighted by Gasteiger charge is -2.27. The van der Waals surface area contributed by atoms with E-state index in [1.54, 1.807) is 23.8 Å². The number of nitrogens with one attached hydrogen (secondary N) is 2. The van der Waals surface area contributed by atoms with Crippen LogP contribution in [-0.2, 0) is 29.0 Å². The number of aromatic nitrogens is 2. The lowest BCUT2D eigenvalue weighted by molar-refractivity contribution is -0.115. The number of carbonyl (C=O) groups is 1. The summed E-state index contributed by atoms with van der Waals surface area (Å²) in [7, 11) is 3.77. The number of anilines is 1. The van der Waals surface area contributed by atoms with E-state index in [1.807, 2.05) is 25.1 Å². The maximum Gasteiger partial charge on any atom is 0.348 e. The summed E-state index contributed by atoms with van der Waals surface area (Å²) >= 11 is 0. The van der Waals surface area contributed by atoms with Crippen LogP contribution in [0.4, 0.5) is 5.69 Å². The normalized spacial score (nSPS) is 13.5. The summed E-state index contributed by atoms with van der Waals surface area (Å²) < 4.78 is 13.4. The highest BCUT2D eigenvalue weighted by Crippen LogP contribution is 2.38. The highest BCUT2D eigenvalue weighted by Gasteiger charge is 2.22. The number of amides is 1. The molecule has 216 valence electrons. The average molecular weight is 566 g/mol. The first-order valence-corrected chi connectivity index (χ1v) is 14.3. The summed E-state index contributed by atoms with van der Waals surface area (Å²) in [6, 6.07) is 20.0. The van der Waals surface area contributed by atoms with Crippen LogP contribution in [0.2, 0.25) is 0 Å². The van der Waals surface area contributed by atoms with Crippen LogP contribution in [0.1, 0.15) is 18.1 Å². The van der Waals surface area contributed by atoms with Crippen LogP contribution in [0, 0.1) is 0 Å². The lowest BCUT2D eigenvalue weighted by atomic mass is 9.90. The number of likely N-dealkylation sites (N-methyl/N-ethyl adjacent to an activating group) is 2. The fraction of sp³-hybridized carbons (Fsp3) is 0.303. The molecule has 0 bridgehead atoms. The van der Waals surface area contributed by atoms with Crippen molar-refractivity contribution in [3.63, 3.8) is 0 Å². The van der Waals surface area contributed by atoms with Crippen molar-refractivity contribution in [2.75, 3.05) is 45.7 Å². The third-order valence-electron chi connectivity index (χ3n) is 7.85. The Morgan fingerprint density at radius 2 is 1.90 bits per heavy atom. The second kappa shape index (κ2) is 11.9. The lowest BCUT2D eigenvalue weighted by Crippen LogP contribution is -2.27. The van der Waals surface area contributed by atoms with Gasteiger partial charge in [-0.25, -0.2) is 4.79 Å². The molecule has 2 N–H and O–H groups in total. The van der Waals surface area contributed by atoms with Crippen molar-refractivity contribution >= 4 is 33.7 Å². The zero-order valence-corrected chi connectivity index (χ0v) is 24.2. The van der Waals surface area contributed by atoms with E-state index in [0.29, 0.717) is 47.8 Å². The van der Waals surface area contributed by atoms with E-state index >= 15 is 0 Å². The number of ether oxygens (including phenoxy) is 1. The van der Waals surface area contributed by atoms with Crippen LogP contribution >= 0.6 is 0 Å². The molecule has 0 saturated carbocycles. The maximum absolute atomic E-state index is 13.5. The van der Waals surface area contributed by atoms with Gasteiger partial charge in [0.15, 0.2) is 5.58 Å². The number of nitrogens with zero attached hydrogens (tertiary/aromatic N) is 3. The van der Waals surface area contributed by atoms with Gasteiger partial charge in [-0.2, -0.15) is 4.98 Å². The van der Waals surface area contributed by atoms with Crippen LogP contribution in [0.3, 0.4) is 0 Å². The van der Waals surface area contributed by atoms with E-state index in [2.05, 4.69) is 57.9 Å². The number of carbonyl (C=O) groups excluding carboxylic acids is 1. The van der Waals surface area contributed by atoms with Crippen molar-refractivity contribution in [1.82, 2.24) is 19.8 Å². The number of benzene rings is 3. The molecule has 1 aliphatic heterocycles. The molecular formula is C33H35N5O4. The fourth-order valence-electron chi connectivity index (χ4n) is 5.74. The van der Waals surface area contributed by atoms with Crippen LogP contribution in [0.15, 0.2) is 69.9 Å². The van der Waals surface area contributed by atoms with Gasteiger partial charge < -0.3 is 24.7 Å². The minimum absolute atomic E-state index is 0.120. The zero-order chi connectivity index (χ0) is 29.2. The Morgan fingerprint density at radius 3 is 2.69 bits per heavy atom. The van der Waals surface area contributed by atoms with Crippen LogP contribution < -0.4 is 16.3 Å². The van der Waals surface area contributed by atoms with Crippen molar-refractivity contribution in [2.24, 2.45) is 0 Å². The monoisotopic (exact) mass is 565 g/mol. The Hall–Kier alpha value is -4.31. The molecule has 5 aromatic rings. The largest absolute Gasteiger partial charge is 0.452 e. The van der Waals surface area contributed by atoms with Gasteiger partial charge >= 0.3 is 5.69 Å². The summed E-state index contributed by atoms with van der Waals surface area (Å²) in [5, 5.41) is 6.75. The van der Waals surface area contributed by atoms with Gasteiger partial charge in [0, 0.05) is 36.8 Å². The predicted molar refractivity (Wildman–Crippen MR) is 166 cm³/mol. The van der Waals surface area contributed by atoms with Crippen molar-refractivity contribution in [3.8, 4) is 22.4 Å². The van der Waals surface area contributed by atoms with Crippen LogP contribution in [-0.4, -0.2) is 60.8 Å². The summed E-state index contributed by atoms with van der Waals surface area (Å²) in [4.78, 5) is 32.4. The molecule has 1 aliphatic rings. The van der Waals surface area contributed by atoms with Gasteiger partial charge in [0.25, 0.3) is 0 Å². The van der Waals surface area contributed by atoms with Gasteiger partial charge in [-0.05, 0) is 66.5 Å². The maximum atomic E-state index is 13.5. The Balaban J connectivity index is 1.47. The van der Waals surface area contributed by atoms with Crippen molar-refractivity contribution < 1.29 is 13.9 Å². The van der Waals surface area contributed by atoms with Gasteiger partial charge in [-0.15, -0.1) is 0 Å². The summed E-state index contributed by atoms with van der Waals surface area (Å²) in [5.41, 5.74) is 8.44. The van der Waals surface area contributed by atoms with E-state index in [9.17, 15) is 9.59 Å². The predicted octanol–water partition coefficient (Wildman–Crippen LogP) is 4.66. The Labute approximate surface area is 244 Å². The number of hydrogen-bond acceptors (Lipinski definition) is 7. The zero-order valence-electron chi connectivity index (χ0n) is 24.2. The summed E-state index contributed by atoms with van der Waals surface area (Å²) in [6.45, 7) is 5.57. The van der Waals surface area contributed by atoms with Gasteiger partial charge in [0.2, 0.25) is 5.91 Å². The molecule has 0 aliphatic carbocycles. The number of rotatable bonds is 9. The topological polar surface area (TPSA) is 102 Å². The first-order valence-electron chi connectivity index (χ1n) is 14.3. The van der Waals surface area contributed by atoms with Gasteiger partial charge in [-0.3, -0.25) is 9.36 Å². The number of fused-ring (bicyclic) bond motifs is 4. The first-order chi connectivity index (χ1) is 20.5. The molecule has 42 heavy (non-hydrogen) atoms. The van der Waals surface area contributed by atoms with Gasteiger partial charge in [-0.1, -0.05) is 43.3 Å². The third kappa shape index (κ3) is 5.34. The van der Waals surface area contributed by atoms with E-state index in [0.717, 1.165) is 36.0 Å². The van der Waals surface area contributed by atoms with E-state index in [1.165, 1.54) is 16.7 Å². The molecule has 1 amide bonds. The number of hydrogen-bond donors (Lipinski definition) is 2. The molecular weight excluding hydrogens is 530 g/mol. The SMILES string of the molecule is CCNCC(=O)Nc1ccc(-c2nc(=O)n(CCOC)c3c2oc2ccc(-c4cccc5c4CCN(C)C5)cc23)cc1. The summed E-state index contributed by atoms with van der Waals surface area (Å²) in [6.07, 6.45) is 0.990. The standard InChI is InChI=1S/C33H35N5O4/c1-4-34-19-29(39)35-24-11-8-21(9-12-24)30-32-31(38(16-17-41-3)33(40)36-30)27-18-22(10-13-28(27)42-32)25-7-5-6-23-20-37(2)15-14-26(23)25/h5-13,18,34H,4,14-17,19-20H2,1-3H3,(H,35,39). The van der Waals surface area contributed by atoms with Gasteiger partial charge in [0.1, 0.15) is 16.8 Å². The van der Waals surface area contributed by atoms with Gasteiger partial charge in [0.05, 0.1) is 19.7 Å². The molecule has 6 rings (SSSR count). The quantitative estimate of drug-likeness (QED) is 0.268. The molecule has 3 heterocycles. The Morgan fingerprint density at radius 1 is 1.10 bits per heavy atom. The van der Waals surface area contributed by atoms with Crippen LogP contribution in [0.5, 0.6) is 0 Å². The molecule has 0 unspecified atom stereocenters. The number of furan rings is 1. The van der Waals surface area contributed by atoms with E-state index < -0.39 is 0 Å². The van der Waals surface area contributed by atoms with Crippen molar-refractivity contribution in [1.29, 1.82) is 0 Å². The first kappa shape index (κ1) is 27.8. The second-order valence-corrected chi connectivity index (χ2v) is 10.7. The van der Waals surface area contributed by atoms with Crippen LogP contribution in [0.25, 0.3) is 44.5 Å². The fourth-order valence-corrected chi connectivity index (χ4v) is 5.74. The third-order valence-corrected chi connectivity index (χ3v) is 7.85. The molecule has 2 aromatic heterocycles. The smallest absolute Gasteiger partial charge is 0.348 e. The highest BCUT2D eigenvalue weighted by atomic mass is 16.5.